The Morgan fingerprint density at radius 1 is 0.571 bits per heavy atom. The lowest BCUT2D eigenvalue weighted by molar-refractivity contribution is -0.144. The number of aromatic nitrogens is 1. The van der Waals surface area contributed by atoms with Crippen LogP contribution in [0.2, 0.25) is 0 Å². The number of carboxylic acids is 7. The summed E-state index contributed by atoms with van der Waals surface area (Å²) in [5.41, 5.74) is 38.1. The first-order valence-electron chi connectivity index (χ1n) is 18.4. The lowest BCUT2D eigenvalue weighted by atomic mass is 10.1. The number of aromatic hydroxyl groups is 1. The van der Waals surface area contributed by atoms with Gasteiger partial charge in [0.05, 0.1) is 18.9 Å². The van der Waals surface area contributed by atoms with Crippen LogP contribution in [-0.2, 0) is 51.2 Å². The SMILES string of the molecule is CC(C)CC(N)C(=O)O.CC(O)C(N)C(=O)O.NC(=O)CC(N)C(=O)O.NC(CC(=O)O)C(=O)O.NC(Cc1c[nH]c2ccccc12)C(=O)O.NC(Cc1ccc(O)cc1)C(=O)O. The van der Waals surface area contributed by atoms with Crippen LogP contribution in [0.25, 0.3) is 10.9 Å². The number of nitrogens with one attached hydrogen (secondary N) is 1. The van der Waals surface area contributed by atoms with E-state index >= 15 is 0 Å². The van der Waals surface area contributed by atoms with Crippen molar-refractivity contribution in [2.75, 3.05) is 0 Å². The number of aliphatic carboxylic acids is 7. The third kappa shape index (κ3) is 30.9. The number of amides is 1. The minimum absolute atomic E-state index is 0.160. The van der Waals surface area contributed by atoms with E-state index in [1.165, 1.54) is 19.1 Å². The maximum absolute atomic E-state index is 10.6. The highest BCUT2D eigenvalue weighted by Crippen LogP contribution is 2.18. The molecule has 354 valence electrons. The molecule has 1 aromatic heterocycles. The fraction of sp³-hybridized carbons (Fsp3) is 0.421. The second-order valence-electron chi connectivity index (χ2n) is 13.7. The molecule has 3 rings (SSSR count). The van der Waals surface area contributed by atoms with E-state index in [9.17, 15) is 38.4 Å². The summed E-state index contributed by atoms with van der Waals surface area (Å²) in [6.45, 7) is 5.23. The number of carbonyl (C=O) groups is 8. The fourth-order valence-corrected chi connectivity index (χ4v) is 3.99. The molecule has 0 saturated heterocycles. The smallest absolute Gasteiger partial charge is 0.323 e. The van der Waals surface area contributed by atoms with Gasteiger partial charge in [0, 0.05) is 23.5 Å². The van der Waals surface area contributed by atoms with Gasteiger partial charge in [-0.2, -0.15) is 0 Å². The van der Waals surface area contributed by atoms with Crippen molar-refractivity contribution >= 4 is 58.6 Å². The Kier molecular flexibility index (Phi) is 30.8. The first-order valence-corrected chi connectivity index (χ1v) is 18.4. The predicted octanol–water partition coefficient (Wildman–Crippen LogP) is -2.16. The Labute approximate surface area is 360 Å². The monoisotopic (exact) mass is 900 g/mol. The molecule has 0 fully saturated rings. The molecule has 25 nitrogen and oxygen atoms in total. The maximum Gasteiger partial charge on any atom is 0.323 e. The van der Waals surface area contributed by atoms with Gasteiger partial charge in [0.15, 0.2) is 0 Å². The number of aliphatic hydroxyl groups is 1. The zero-order chi connectivity index (χ0) is 49.7. The van der Waals surface area contributed by atoms with E-state index in [-0.39, 0.29) is 18.6 Å². The number of benzene rings is 2. The van der Waals surface area contributed by atoms with Gasteiger partial charge in [0.1, 0.15) is 42.0 Å². The Hall–Kier alpha value is -6.74. The van der Waals surface area contributed by atoms with Gasteiger partial charge in [0.2, 0.25) is 5.91 Å². The van der Waals surface area contributed by atoms with E-state index in [4.69, 9.17) is 80.4 Å². The molecule has 0 spiro atoms. The number of H-pyrrole nitrogens is 1. The van der Waals surface area contributed by atoms with Crippen LogP contribution in [0.15, 0.2) is 54.7 Å². The van der Waals surface area contributed by atoms with Crippen molar-refractivity contribution in [3.05, 3.63) is 65.9 Å². The summed E-state index contributed by atoms with van der Waals surface area (Å²) in [6, 6.07) is 8.04. The molecule has 0 bridgehead atoms. The highest BCUT2D eigenvalue weighted by atomic mass is 16.4. The summed E-state index contributed by atoms with van der Waals surface area (Å²) in [5, 5.41) is 76.2. The van der Waals surface area contributed by atoms with Crippen molar-refractivity contribution in [2.24, 2.45) is 46.1 Å². The van der Waals surface area contributed by atoms with E-state index in [1.807, 2.05) is 44.3 Å². The van der Waals surface area contributed by atoms with Gasteiger partial charge in [-0.15, -0.1) is 0 Å². The summed E-state index contributed by atoms with van der Waals surface area (Å²) >= 11 is 0. The van der Waals surface area contributed by atoms with Gasteiger partial charge in [0.25, 0.3) is 0 Å². The molecular formula is C38H60N8O17. The Morgan fingerprint density at radius 2 is 1.00 bits per heavy atom. The van der Waals surface area contributed by atoms with Crippen LogP contribution in [0.4, 0.5) is 0 Å². The number of phenols is 1. The summed E-state index contributed by atoms with van der Waals surface area (Å²) < 4.78 is 0. The number of para-hydroxylation sites is 1. The number of aromatic amines is 1. The Bertz CT molecular complexity index is 1860. The molecule has 7 atom stereocenters. The largest absolute Gasteiger partial charge is 0.508 e. The van der Waals surface area contributed by atoms with Crippen LogP contribution in [0.1, 0.15) is 51.2 Å². The predicted molar refractivity (Wildman–Crippen MR) is 225 cm³/mol. The topological polar surface area (TPSA) is 517 Å². The van der Waals surface area contributed by atoms with Crippen LogP contribution in [0, 0.1) is 5.92 Å². The number of rotatable bonds is 17. The van der Waals surface area contributed by atoms with Crippen molar-refractivity contribution in [3.63, 3.8) is 0 Å². The molecule has 0 radical (unpaired) electrons. The van der Waals surface area contributed by atoms with Gasteiger partial charge in [-0.05, 0) is 55.0 Å². The molecule has 0 aliphatic heterocycles. The number of carbonyl (C=O) groups excluding carboxylic acids is 1. The number of hydrogen-bond acceptors (Lipinski definition) is 16. The first kappa shape index (κ1) is 60.6. The zero-order valence-electron chi connectivity index (χ0n) is 34.7. The second-order valence-corrected chi connectivity index (χ2v) is 13.7. The summed E-state index contributed by atoms with van der Waals surface area (Å²) in [5.74, 6) is -7.98. The van der Waals surface area contributed by atoms with Crippen molar-refractivity contribution in [1.82, 2.24) is 4.98 Å². The highest BCUT2D eigenvalue weighted by Gasteiger charge is 2.17. The molecule has 3 aromatic rings. The minimum atomic E-state index is -1.29. The van der Waals surface area contributed by atoms with Crippen molar-refractivity contribution in [3.8, 4) is 5.75 Å². The Morgan fingerprint density at radius 3 is 1.32 bits per heavy atom. The van der Waals surface area contributed by atoms with E-state index in [0.29, 0.717) is 18.8 Å². The quantitative estimate of drug-likeness (QED) is 0.0686. The Balaban J connectivity index is -0.000000699. The van der Waals surface area contributed by atoms with Gasteiger partial charge in [-0.25, -0.2) is 0 Å². The average Bonchev–Trinajstić information content (AvgIpc) is 3.58. The van der Waals surface area contributed by atoms with E-state index in [1.54, 1.807) is 12.1 Å². The molecule has 25 heteroatoms. The molecule has 1 heterocycles. The molecule has 0 aliphatic carbocycles. The minimum Gasteiger partial charge on any atom is -0.508 e. The molecule has 2 aromatic carbocycles. The number of nitrogens with two attached hydrogens (primary N) is 7. The van der Waals surface area contributed by atoms with E-state index in [2.05, 4.69) is 10.7 Å². The van der Waals surface area contributed by atoms with Crippen LogP contribution in [-0.4, -0.2) is 141 Å². The molecule has 24 N–H and O–H groups in total. The lowest BCUT2D eigenvalue weighted by Crippen LogP contribution is -2.39. The highest BCUT2D eigenvalue weighted by molar-refractivity contribution is 5.85. The van der Waals surface area contributed by atoms with Gasteiger partial charge < -0.3 is 91.1 Å². The lowest BCUT2D eigenvalue weighted by Gasteiger charge is -2.07. The number of aliphatic hydroxyl groups excluding tert-OH is 1. The normalized spacial score (nSPS) is 13.4. The third-order valence-corrected chi connectivity index (χ3v) is 7.44. The summed E-state index contributed by atoms with van der Waals surface area (Å²) in [4.78, 5) is 83.6. The first-order chi connectivity index (χ1) is 28.9. The molecule has 0 saturated carbocycles. The van der Waals surface area contributed by atoms with Gasteiger partial charge in [-0.1, -0.05) is 44.2 Å². The van der Waals surface area contributed by atoms with Crippen molar-refractivity contribution in [2.45, 2.75) is 95.2 Å². The standard InChI is InChI=1S/C11H12N2O2.C9H11NO3.C6H13NO2.C4H8N2O3.C4H7NO4.C4H9NO3/c12-9(11(14)15)5-7-6-13-10-4-2-1-3-8(7)10;10-8(9(12)13)5-6-1-3-7(11)4-2-6;1-4(2)3-5(7)6(8)9;2*5-2(4(8)9)1-3(6)7;1-2(6)3(5)4(7)8/h1-4,6,9,13H,5,12H2,(H,14,15);1-4,8,11H,5,10H2,(H,12,13);4-5H,3,7H2,1-2H3,(H,8,9);2H,1,5H2,(H2,6,7)(H,8,9);2H,1,5H2,(H,6,7)(H,8,9);2-3,6H,5H2,1H3,(H,7,8). The zero-order valence-corrected chi connectivity index (χ0v) is 34.7. The van der Waals surface area contributed by atoms with Crippen LogP contribution in [0.5, 0.6) is 5.75 Å². The fourth-order valence-electron chi connectivity index (χ4n) is 3.99. The number of carboxylic acid groups (broad SMARTS) is 7. The van der Waals surface area contributed by atoms with Gasteiger partial charge >= 0.3 is 41.8 Å². The number of primary amides is 1. The van der Waals surface area contributed by atoms with Crippen molar-refractivity contribution in [1.29, 1.82) is 0 Å². The molecular weight excluding hydrogens is 840 g/mol. The summed E-state index contributed by atoms with van der Waals surface area (Å²) in [6.07, 6.45) is 1.16. The van der Waals surface area contributed by atoms with Crippen LogP contribution < -0.4 is 40.1 Å². The molecule has 7 unspecified atom stereocenters. The van der Waals surface area contributed by atoms with Crippen LogP contribution in [0.3, 0.4) is 0 Å². The number of fused-ring (bicyclic) bond motifs is 1. The maximum atomic E-state index is 10.6. The van der Waals surface area contributed by atoms with Crippen LogP contribution >= 0.6 is 0 Å². The third-order valence-electron chi connectivity index (χ3n) is 7.44. The molecule has 63 heavy (non-hydrogen) atoms. The van der Waals surface area contributed by atoms with E-state index < -0.39 is 96.5 Å². The summed E-state index contributed by atoms with van der Waals surface area (Å²) in [7, 11) is 0. The van der Waals surface area contributed by atoms with E-state index in [0.717, 1.165) is 22.0 Å². The average molecular weight is 901 g/mol. The molecule has 0 aliphatic rings. The molecule has 1 amide bonds. The second kappa shape index (κ2) is 32.0. The number of phenolic OH excluding ortho intramolecular Hbond substituents is 1. The van der Waals surface area contributed by atoms with Gasteiger partial charge in [-0.3, -0.25) is 38.4 Å². The van der Waals surface area contributed by atoms with Crippen molar-refractivity contribution < 1.29 is 84.3 Å². The number of hydrogen-bond donors (Lipinski definition) is 17.